The Balaban J connectivity index is 1.51. The van der Waals surface area contributed by atoms with E-state index in [9.17, 15) is 9.59 Å². The topological polar surface area (TPSA) is 64.0 Å². The van der Waals surface area contributed by atoms with Crippen LogP contribution in [0.1, 0.15) is 31.0 Å². The molecule has 0 saturated carbocycles. The summed E-state index contributed by atoms with van der Waals surface area (Å²) in [7, 11) is 0. The molecular formula is C26H25N3O2S. The number of carbonyl (C=O) groups excluding carboxylic acids is 1. The fraction of sp³-hybridized carbons (Fsp3) is 0.192. The van der Waals surface area contributed by atoms with E-state index in [0.29, 0.717) is 16.1 Å². The van der Waals surface area contributed by atoms with Gasteiger partial charge in [0.2, 0.25) is 5.91 Å². The molecule has 0 saturated heterocycles. The molecule has 0 spiro atoms. The molecule has 4 aromatic rings. The maximum Gasteiger partial charge on any atom is 0.262 e. The van der Waals surface area contributed by atoms with Crippen LogP contribution in [0.5, 0.6) is 0 Å². The minimum absolute atomic E-state index is 0.0586. The minimum Gasteiger partial charge on any atom is -0.325 e. The molecule has 1 N–H and O–H groups in total. The van der Waals surface area contributed by atoms with Crippen molar-refractivity contribution in [2.45, 2.75) is 31.5 Å². The van der Waals surface area contributed by atoms with Gasteiger partial charge in [-0.1, -0.05) is 72.4 Å². The highest BCUT2D eigenvalue weighted by molar-refractivity contribution is 7.99. The average Bonchev–Trinajstić information content (AvgIpc) is 2.79. The van der Waals surface area contributed by atoms with Crippen molar-refractivity contribution >= 4 is 34.3 Å². The van der Waals surface area contributed by atoms with E-state index in [1.54, 1.807) is 10.6 Å². The van der Waals surface area contributed by atoms with Gasteiger partial charge in [0, 0.05) is 11.7 Å². The van der Waals surface area contributed by atoms with Gasteiger partial charge in [0.25, 0.3) is 5.56 Å². The van der Waals surface area contributed by atoms with E-state index in [2.05, 4.69) is 22.4 Å². The van der Waals surface area contributed by atoms with Crippen molar-refractivity contribution in [1.82, 2.24) is 9.55 Å². The zero-order valence-electron chi connectivity index (χ0n) is 18.1. The Labute approximate surface area is 191 Å². The van der Waals surface area contributed by atoms with Gasteiger partial charge in [-0.05, 0) is 49.6 Å². The first kappa shape index (κ1) is 21.8. The van der Waals surface area contributed by atoms with Crippen LogP contribution in [-0.4, -0.2) is 21.2 Å². The Bertz CT molecular complexity index is 1300. The molecule has 0 aliphatic heterocycles. The number of fused-ring (bicyclic) bond motifs is 1. The summed E-state index contributed by atoms with van der Waals surface area (Å²) in [6, 6.07) is 25.2. The number of nitrogens with zero attached hydrogens (tertiary/aromatic N) is 2. The fourth-order valence-electron chi connectivity index (χ4n) is 3.61. The second-order valence-electron chi connectivity index (χ2n) is 7.84. The maximum absolute atomic E-state index is 13.0. The molecule has 0 fully saturated rings. The Hall–Kier alpha value is -3.38. The lowest BCUT2D eigenvalue weighted by molar-refractivity contribution is -0.113. The van der Waals surface area contributed by atoms with Crippen molar-refractivity contribution in [2.75, 3.05) is 11.1 Å². The molecule has 0 aliphatic rings. The molecule has 162 valence electrons. The number of thioether (sulfide) groups is 1. The van der Waals surface area contributed by atoms with Gasteiger partial charge in [-0.2, -0.15) is 0 Å². The summed E-state index contributed by atoms with van der Waals surface area (Å²) in [6.45, 7) is 3.89. The van der Waals surface area contributed by atoms with Gasteiger partial charge in [-0.25, -0.2) is 4.98 Å². The monoisotopic (exact) mass is 443 g/mol. The minimum atomic E-state index is -0.131. The highest BCUT2D eigenvalue weighted by Gasteiger charge is 2.16. The number of anilines is 1. The molecule has 32 heavy (non-hydrogen) atoms. The Morgan fingerprint density at radius 3 is 2.44 bits per heavy atom. The first-order valence-electron chi connectivity index (χ1n) is 10.6. The number of carbonyl (C=O) groups is 1. The zero-order chi connectivity index (χ0) is 22.5. The van der Waals surface area contributed by atoms with E-state index in [0.717, 1.165) is 17.7 Å². The molecule has 0 aliphatic carbocycles. The first-order chi connectivity index (χ1) is 15.5. The van der Waals surface area contributed by atoms with Gasteiger partial charge >= 0.3 is 0 Å². The van der Waals surface area contributed by atoms with Gasteiger partial charge in [0.1, 0.15) is 0 Å². The van der Waals surface area contributed by atoms with Gasteiger partial charge < -0.3 is 5.32 Å². The summed E-state index contributed by atoms with van der Waals surface area (Å²) in [4.78, 5) is 30.4. The Morgan fingerprint density at radius 1 is 0.969 bits per heavy atom. The van der Waals surface area contributed by atoms with Crippen molar-refractivity contribution in [3.63, 3.8) is 0 Å². The molecule has 0 bridgehead atoms. The number of para-hydroxylation sites is 2. The van der Waals surface area contributed by atoms with Crippen molar-refractivity contribution in [2.24, 2.45) is 0 Å². The molecule has 1 heterocycles. The van der Waals surface area contributed by atoms with Crippen LogP contribution < -0.4 is 10.9 Å². The molecule has 0 unspecified atom stereocenters. The molecule has 4 rings (SSSR count). The summed E-state index contributed by atoms with van der Waals surface area (Å²) in [5.41, 5.74) is 3.60. The van der Waals surface area contributed by atoms with Crippen molar-refractivity contribution in [1.29, 1.82) is 0 Å². The van der Waals surface area contributed by atoms with Gasteiger partial charge in [0.15, 0.2) is 5.16 Å². The number of rotatable bonds is 7. The number of amides is 1. The molecule has 5 nitrogen and oxygen atoms in total. The van der Waals surface area contributed by atoms with Crippen LogP contribution in [0.3, 0.4) is 0 Å². The number of benzene rings is 3. The third-order valence-corrected chi connectivity index (χ3v) is 6.11. The molecule has 1 aromatic heterocycles. The van der Waals surface area contributed by atoms with E-state index in [-0.39, 0.29) is 23.3 Å². The van der Waals surface area contributed by atoms with E-state index < -0.39 is 0 Å². The van der Waals surface area contributed by atoms with Gasteiger partial charge in [0.05, 0.1) is 16.7 Å². The van der Waals surface area contributed by atoms with Crippen molar-refractivity contribution in [3.05, 3.63) is 100 Å². The summed E-state index contributed by atoms with van der Waals surface area (Å²) >= 11 is 1.28. The molecular weight excluding hydrogens is 418 g/mol. The molecule has 6 heteroatoms. The van der Waals surface area contributed by atoms with Gasteiger partial charge in [-0.15, -0.1) is 0 Å². The molecule has 0 atom stereocenters. The van der Waals surface area contributed by atoms with E-state index >= 15 is 0 Å². The van der Waals surface area contributed by atoms with Crippen LogP contribution in [0.15, 0.2) is 88.8 Å². The summed E-state index contributed by atoms with van der Waals surface area (Å²) in [5.74, 6) is 0.0326. The van der Waals surface area contributed by atoms with E-state index in [1.807, 2.05) is 74.5 Å². The smallest absolute Gasteiger partial charge is 0.262 e. The SMILES string of the molecule is CC(C)n1c(SCC(=O)Nc2ccccc2Cc2ccccc2)nc2ccccc2c1=O. The zero-order valence-corrected chi connectivity index (χ0v) is 18.9. The highest BCUT2D eigenvalue weighted by Crippen LogP contribution is 2.23. The lowest BCUT2D eigenvalue weighted by Crippen LogP contribution is -2.25. The third kappa shape index (κ3) is 4.92. The largest absolute Gasteiger partial charge is 0.325 e. The van der Waals surface area contributed by atoms with E-state index in [4.69, 9.17) is 0 Å². The van der Waals surface area contributed by atoms with Gasteiger partial charge in [-0.3, -0.25) is 14.2 Å². The lowest BCUT2D eigenvalue weighted by atomic mass is 10.0. The van der Waals surface area contributed by atoms with Crippen LogP contribution in [0.4, 0.5) is 5.69 Å². The first-order valence-corrected chi connectivity index (χ1v) is 11.6. The predicted octanol–water partition coefficient (Wildman–Crippen LogP) is 5.30. The number of nitrogens with one attached hydrogen (secondary N) is 1. The fourth-order valence-corrected chi connectivity index (χ4v) is 4.54. The van der Waals surface area contributed by atoms with Crippen LogP contribution in [0.25, 0.3) is 10.9 Å². The lowest BCUT2D eigenvalue weighted by Gasteiger charge is -2.16. The van der Waals surface area contributed by atoms with E-state index in [1.165, 1.54) is 17.3 Å². The Kier molecular flexibility index (Phi) is 6.71. The van der Waals surface area contributed by atoms with Crippen LogP contribution in [-0.2, 0) is 11.2 Å². The number of hydrogen-bond donors (Lipinski definition) is 1. The number of hydrogen-bond acceptors (Lipinski definition) is 4. The third-order valence-electron chi connectivity index (χ3n) is 5.15. The molecule has 1 amide bonds. The normalized spacial score (nSPS) is 11.1. The second-order valence-corrected chi connectivity index (χ2v) is 8.78. The quantitative estimate of drug-likeness (QED) is 0.311. The van der Waals surface area contributed by atoms with Crippen LogP contribution >= 0.6 is 11.8 Å². The maximum atomic E-state index is 13.0. The van der Waals surface area contributed by atoms with Crippen LogP contribution in [0, 0.1) is 0 Å². The summed E-state index contributed by atoms with van der Waals surface area (Å²) < 4.78 is 1.66. The number of aromatic nitrogens is 2. The Morgan fingerprint density at radius 2 is 1.66 bits per heavy atom. The van der Waals surface area contributed by atoms with Crippen molar-refractivity contribution < 1.29 is 4.79 Å². The average molecular weight is 444 g/mol. The summed E-state index contributed by atoms with van der Waals surface area (Å²) in [5, 5.41) is 4.17. The predicted molar refractivity (Wildman–Crippen MR) is 131 cm³/mol. The second kappa shape index (κ2) is 9.83. The summed E-state index contributed by atoms with van der Waals surface area (Å²) in [6.07, 6.45) is 0.740. The highest BCUT2D eigenvalue weighted by atomic mass is 32.2. The van der Waals surface area contributed by atoms with Crippen molar-refractivity contribution in [3.8, 4) is 0 Å². The van der Waals surface area contributed by atoms with Crippen LogP contribution in [0.2, 0.25) is 0 Å². The standard InChI is InChI=1S/C26H25N3O2S/c1-18(2)29-25(31)21-13-7-9-15-23(21)28-26(29)32-17-24(30)27-22-14-8-6-12-20(22)16-19-10-4-3-5-11-19/h3-15,18H,16-17H2,1-2H3,(H,27,30). The molecule has 0 radical (unpaired) electrons. The molecule has 3 aromatic carbocycles.